The second-order valence-corrected chi connectivity index (χ2v) is 6.78. The molecule has 0 spiro atoms. The molecule has 2 N–H and O–H groups in total. The number of halogens is 1. The number of carbonyl (C=O) groups excluding carboxylic acids is 1. The zero-order valence-electron chi connectivity index (χ0n) is 14.6. The van der Waals surface area contributed by atoms with Crippen molar-refractivity contribution in [1.29, 1.82) is 0 Å². The zero-order chi connectivity index (χ0) is 18.0. The molecule has 5 nitrogen and oxygen atoms in total. The highest BCUT2D eigenvalue weighted by atomic mass is 19.1. The molecule has 25 heavy (non-hydrogen) atoms. The van der Waals surface area contributed by atoms with Crippen molar-refractivity contribution in [1.82, 2.24) is 15.1 Å². The van der Waals surface area contributed by atoms with Crippen molar-refractivity contribution >= 4 is 5.91 Å². The van der Waals surface area contributed by atoms with Crippen LogP contribution in [0.15, 0.2) is 24.3 Å². The SMILES string of the molecule is Cc1n[nH]c(C)c1CC(=O)N1CCC[C@H]1C[C@H](O)c1ccc(F)cc1. The second kappa shape index (κ2) is 7.35. The fourth-order valence-corrected chi connectivity index (χ4v) is 3.58. The maximum Gasteiger partial charge on any atom is 0.227 e. The van der Waals surface area contributed by atoms with Crippen molar-refractivity contribution < 1.29 is 14.3 Å². The number of aliphatic hydroxyl groups excluding tert-OH is 1. The number of aromatic nitrogens is 2. The molecule has 2 heterocycles. The zero-order valence-corrected chi connectivity index (χ0v) is 14.6. The number of hydrogen-bond donors (Lipinski definition) is 2. The van der Waals surface area contributed by atoms with Crippen LogP contribution >= 0.6 is 0 Å². The van der Waals surface area contributed by atoms with Crippen molar-refractivity contribution in [3.63, 3.8) is 0 Å². The first kappa shape index (κ1) is 17.6. The number of hydrogen-bond acceptors (Lipinski definition) is 3. The number of aromatic amines is 1. The normalized spacial score (nSPS) is 18.6. The van der Waals surface area contributed by atoms with E-state index in [1.54, 1.807) is 12.1 Å². The molecule has 1 aliphatic rings. The van der Waals surface area contributed by atoms with Crippen LogP contribution in [0.5, 0.6) is 0 Å². The molecule has 1 aromatic carbocycles. The smallest absolute Gasteiger partial charge is 0.227 e. The minimum Gasteiger partial charge on any atom is -0.388 e. The third-order valence-corrected chi connectivity index (χ3v) is 5.06. The minimum absolute atomic E-state index is 0.0140. The topological polar surface area (TPSA) is 69.2 Å². The highest BCUT2D eigenvalue weighted by molar-refractivity contribution is 5.79. The van der Waals surface area contributed by atoms with E-state index >= 15 is 0 Å². The van der Waals surface area contributed by atoms with Crippen molar-refractivity contribution in [3.8, 4) is 0 Å². The molecule has 1 aromatic heterocycles. The number of carbonyl (C=O) groups is 1. The van der Waals surface area contributed by atoms with Crippen LogP contribution in [0.3, 0.4) is 0 Å². The summed E-state index contributed by atoms with van der Waals surface area (Å²) >= 11 is 0. The molecule has 0 aliphatic carbocycles. The molecule has 1 fully saturated rings. The van der Waals surface area contributed by atoms with Crippen LogP contribution in [0, 0.1) is 19.7 Å². The Morgan fingerprint density at radius 1 is 1.40 bits per heavy atom. The summed E-state index contributed by atoms with van der Waals surface area (Å²) in [7, 11) is 0. The maximum absolute atomic E-state index is 13.0. The van der Waals surface area contributed by atoms with Gasteiger partial charge in [-0.15, -0.1) is 0 Å². The summed E-state index contributed by atoms with van der Waals surface area (Å²) in [5.74, 6) is -0.249. The van der Waals surface area contributed by atoms with E-state index in [4.69, 9.17) is 0 Å². The van der Waals surface area contributed by atoms with Gasteiger partial charge in [-0.3, -0.25) is 9.89 Å². The summed E-state index contributed by atoms with van der Waals surface area (Å²) in [5.41, 5.74) is 3.41. The van der Waals surface area contributed by atoms with Gasteiger partial charge < -0.3 is 10.0 Å². The summed E-state index contributed by atoms with van der Waals surface area (Å²) in [5, 5.41) is 17.5. The van der Waals surface area contributed by atoms with E-state index in [1.807, 2.05) is 18.7 Å². The molecule has 0 radical (unpaired) electrons. The standard InChI is InChI=1S/C19H24FN3O2/c1-12-17(13(2)22-21-12)11-19(25)23-9-3-4-16(23)10-18(24)14-5-7-15(20)8-6-14/h5-8,16,18,24H,3-4,9-11H2,1-2H3,(H,21,22)/t16-,18-/m0/s1. The van der Waals surface area contributed by atoms with Gasteiger partial charge in [-0.05, 0) is 50.8 Å². The summed E-state index contributed by atoms with van der Waals surface area (Å²) < 4.78 is 13.0. The molecule has 1 amide bonds. The van der Waals surface area contributed by atoms with Gasteiger partial charge >= 0.3 is 0 Å². The van der Waals surface area contributed by atoms with Gasteiger partial charge in [-0.1, -0.05) is 12.1 Å². The molecule has 6 heteroatoms. The molecule has 3 rings (SSSR count). The number of likely N-dealkylation sites (tertiary alicyclic amines) is 1. The van der Waals surface area contributed by atoms with E-state index in [0.29, 0.717) is 18.4 Å². The molecule has 0 saturated carbocycles. The Labute approximate surface area is 146 Å². The monoisotopic (exact) mass is 345 g/mol. The number of rotatable bonds is 5. The number of H-pyrrole nitrogens is 1. The lowest BCUT2D eigenvalue weighted by Gasteiger charge is -2.27. The Morgan fingerprint density at radius 2 is 2.12 bits per heavy atom. The van der Waals surface area contributed by atoms with Crippen LogP contribution in [0.1, 0.15) is 47.9 Å². The van der Waals surface area contributed by atoms with Gasteiger partial charge in [0.2, 0.25) is 5.91 Å². The summed E-state index contributed by atoms with van der Waals surface area (Å²) in [6.07, 6.45) is 1.93. The average molecular weight is 345 g/mol. The number of aliphatic hydroxyl groups is 1. The highest BCUT2D eigenvalue weighted by Gasteiger charge is 2.31. The second-order valence-electron chi connectivity index (χ2n) is 6.78. The molecule has 2 aromatic rings. The van der Waals surface area contributed by atoms with Crippen molar-refractivity contribution in [3.05, 3.63) is 52.6 Å². The first-order chi connectivity index (χ1) is 12.0. The van der Waals surface area contributed by atoms with Crippen LogP contribution in [0.2, 0.25) is 0 Å². The lowest BCUT2D eigenvalue weighted by Crippen LogP contribution is -2.37. The Hall–Kier alpha value is -2.21. The molecule has 134 valence electrons. The number of amides is 1. The van der Waals surface area contributed by atoms with E-state index in [1.165, 1.54) is 12.1 Å². The van der Waals surface area contributed by atoms with Gasteiger partial charge in [0.05, 0.1) is 18.2 Å². The average Bonchev–Trinajstić information content (AvgIpc) is 3.17. The third-order valence-electron chi connectivity index (χ3n) is 5.06. The maximum atomic E-state index is 13.0. The van der Waals surface area contributed by atoms with Crippen LogP contribution in [-0.4, -0.2) is 38.7 Å². The Balaban J connectivity index is 1.65. The van der Waals surface area contributed by atoms with E-state index in [9.17, 15) is 14.3 Å². The van der Waals surface area contributed by atoms with Crippen LogP contribution in [0.4, 0.5) is 4.39 Å². The minimum atomic E-state index is -0.698. The Kier molecular flexibility index (Phi) is 5.18. The van der Waals surface area contributed by atoms with Gasteiger partial charge in [0, 0.05) is 23.8 Å². The quantitative estimate of drug-likeness (QED) is 0.875. The lowest BCUT2D eigenvalue weighted by atomic mass is 10.00. The number of nitrogens with one attached hydrogen (secondary N) is 1. The first-order valence-electron chi connectivity index (χ1n) is 8.69. The van der Waals surface area contributed by atoms with Crippen molar-refractivity contribution in [2.75, 3.05) is 6.54 Å². The largest absolute Gasteiger partial charge is 0.388 e. The Morgan fingerprint density at radius 3 is 2.76 bits per heavy atom. The number of nitrogens with zero attached hydrogens (tertiary/aromatic N) is 2. The van der Waals surface area contributed by atoms with E-state index in [2.05, 4.69) is 10.2 Å². The predicted octanol–water partition coefficient (Wildman–Crippen LogP) is 2.82. The molecule has 0 unspecified atom stereocenters. The first-order valence-corrected chi connectivity index (χ1v) is 8.69. The van der Waals surface area contributed by atoms with Crippen molar-refractivity contribution in [2.24, 2.45) is 0 Å². The van der Waals surface area contributed by atoms with Crippen LogP contribution in [0.25, 0.3) is 0 Å². The van der Waals surface area contributed by atoms with Crippen molar-refractivity contribution in [2.45, 2.75) is 51.7 Å². The number of benzene rings is 1. The van der Waals surface area contributed by atoms with Gasteiger partial charge in [0.25, 0.3) is 0 Å². The molecule has 0 bridgehead atoms. The summed E-state index contributed by atoms with van der Waals surface area (Å²) in [4.78, 5) is 14.6. The highest BCUT2D eigenvalue weighted by Crippen LogP contribution is 2.28. The van der Waals surface area contributed by atoms with Gasteiger partial charge in [0.1, 0.15) is 5.82 Å². The van der Waals surface area contributed by atoms with E-state index in [0.717, 1.165) is 36.3 Å². The number of aryl methyl sites for hydroxylation is 2. The van der Waals surface area contributed by atoms with E-state index in [-0.39, 0.29) is 17.8 Å². The van der Waals surface area contributed by atoms with Crippen LogP contribution < -0.4 is 0 Å². The molecule has 1 aliphatic heterocycles. The predicted molar refractivity (Wildman–Crippen MR) is 92.5 cm³/mol. The molecule has 1 saturated heterocycles. The molecular formula is C19H24FN3O2. The van der Waals surface area contributed by atoms with Gasteiger partial charge in [-0.25, -0.2) is 4.39 Å². The fraction of sp³-hybridized carbons (Fsp3) is 0.474. The van der Waals surface area contributed by atoms with Crippen LogP contribution in [-0.2, 0) is 11.2 Å². The van der Waals surface area contributed by atoms with E-state index < -0.39 is 6.10 Å². The van der Waals surface area contributed by atoms with Gasteiger partial charge in [-0.2, -0.15) is 5.10 Å². The lowest BCUT2D eigenvalue weighted by molar-refractivity contribution is -0.131. The fourth-order valence-electron chi connectivity index (χ4n) is 3.58. The molecule has 2 atom stereocenters. The summed E-state index contributed by atoms with van der Waals surface area (Å²) in [6, 6.07) is 5.90. The van der Waals surface area contributed by atoms with Gasteiger partial charge in [0.15, 0.2) is 0 Å². The Bertz CT molecular complexity index is 722. The molecular weight excluding hydrogens is 321 g/mol. The third kappa shape index (κ3) is 3.90. The summed E-state index contributed by atoms with van der Waals surface area (Å²) in [6.45, 7) is 4.53.